The minimum Gasteiger partial charge on any atom is -0.508 e. The average molecular weight is 413 g/mol. The van der Waals surface area contributed by atoms with Crippen LogP contribution < -0.4 is 0 Å². The molecule has 128 valence electrons. The van der Waals surface area contributed by atoms with E-state index in [9.17, 15) is 15.3 Å². The summed E-state index contributed by atoms with van der Waals surface area (Å²) in [5.74, 6) is -0.298. The maximum Gasteiger partial charge on any atom is 0.176 e. The van der Waals surface area contributed by atoms with E-state index in [1.807, 2.05) is 18.2 Å². The summed E-state index contributed by atoms with van der Waals surface area (Å²) < 4.78 is 0. The minimum atomic E-state index is -0.282. The van der Waals surface area contributed by atoms with E-state index in [0.717, 1.165) is 23.2 Å². The van der Waals surface area contributed by atoms with E-state index in [1.54, 1.807) is 18.2 Å². The van der Waals surface area contributed by atoms with Crippen molar-refractivity contribution in [1.82, 2.24) is 4.90 Å². The lowest BCUT2D eigenvalue weighted by molar-refractivity contribution is 0.265. The number of halogens is 2. The standard InChI is InChI=1S/C18H18ClNO3.BrH/c1-2-7-20-9-14(11-3-5-12(21)6-4-11)13-8-16(22)18(23)17(19)15(13)10-20;/h2-6,8,14,21-23H,1,7,9-10H2;1H. The summed E-state index contributed by atoms with van der Waals surface area (Å²) >= 11 is 6.26. The Morgan fingerprint density at radius 1 is 1.21 bits per heavy atom. The molecular formula is C18H19BrClNO3. The van der Waals surface area contributed by atoms with Crippen LogP contribution in [0.1, 0.15) is 22.6 Å². The number of fused-ring (bicyclic) bond motifs is 1. The third-order valence-corrected chi connectivity index (χ3v) is 4.64. The van der Waals surface area contributed by atoms with Crippen LogP contribution in [-0.4, -0.2) is 33.3 Å². The second-order valence-electron chi connectivity index (χ2n) is 5.75. The molecule has 1 aliphatic heterocycles. The summed E-state index contributed by atoms with van der Waals surface area (Å²) in [7, 11) is 0. The summed E-state index contributed by atoms with van der Waals surface area (Å²) in [6.07, 6.45) is 1.83. The van der Waals surface area contributed by atoms with Crippen molar-refractivity contribution in [2.45, 2.75) is 12.5 Å². The Morgan fingerprint density at radius 2 is 1.88 bits per heavy atom. The molecule has 1 aliphatic rings. The summed E-state index contributed by atoms with van der Waals surface area (Å²) in [6, 6.07) is 8.59. The van der Waals surface area contributed by atoms with Crippen molar-refractivity contribution in [3.8, 4) is 17.2 Å². The molecule has 0 amide bonds. The zero-order chi connectivity index (χ0) is 16.6. The Kier molecular flexibility index (Phi) is 5.80. The van der Waals surface area contributed by atoms with Gasteiger partial charge in [-0.15, -0.1) is 23.6 Å². The summed E-state index contributed by atoms with van der Waals surface area (Å²) in [4.78, 5) is 2.18. The Morgan fingerprint density at radius 3 is 2.50 bits per heavy atom. The molecule has 2 aromatic carbocycles. The summed E-state index contributed by atoms with van der Waals surface area (Å²) in [5, 5.41) is 29.5. The van der Waals surface area contributed by atoms with Gasteiger partial charge in [0, 0.05) is 25.6 Å². The van der Waals surface area contributed by atoms with Crippen molar-refractivity contribution >= 4 is 28.6 Å². The van der Waals surface area contributed by atoms with Gasteiger partial charge in [-0.2, -0.15) is 0 Å². The summed E-state index contributed by atoms with van der Waals surface area (Å²) in [6.45, 7) is 5.80. The topological polar surface area (TPSA) is 63.9 Å². The van der Waals surface area contributed by atoms with Crippen LogP contribution in [0, 0.1) is 0 Å². The minimum absolute atomic E-state index is 0. The number of hydrogen-bond donors (Lipinski definition) is 3. The number of rotatable bonds is 3. The number of hydrogen-bond acceptors (Lipinski definition) is 4. The maximum absolute atomic E-state index is 9.93. The molecule has 3 rings (SSSR count). The van der Waals surface area contributed by atoms with Gasteiger partial charge < -0.3 is 15.3 Å². The molecule has 24 heavy (non-hydrogen) atoms. The summed E-state index contributed by atoms with van der Waals surface area (Å²) in [5.41, 5.74) is 2.73. The van der Waals surface area contributed by atoms with Gasteiger partial charge in [-0.3, -0.25) is 4.90 Å². The largest absolute Gasteiger partial charge is 0.508 e. The molecule has 3 N–H and O–H groups in total. The zero-order valence-corrected chi connectivity index (χ0v) is 15.4. The SMILES string of the molecule is Br.C=CCN1Cc2c(cc(O)c(O)c2Cl)C(c2ccc(O)cc2)C1. The predicted molar refractivity (Wildman–Crippen MR) is 101 cm³/mol. The van der Waals surface area contributed by atoms with Crippen LogP contribution in [0.15, 0.2) is 43.0 Å². The van der Waals surface area contributed by atoms with Gasteiger partial charge in [0.1, 0.15) is 5.75 Å². The first-order valence-electron chi connectivity index (χ1n) is 7.36. The molecule has 2 aromatic rings. The van der Waals surface area contributed by atoms with Gasteiger partial charge in [0.2, 0.25) is 0 Å². The molecule has 0 fully saturated rings. The van der Waals surface area contributed by atoms with Gasteiger partial charge in [-0.25, -0.2) is 0 Å². The fraction of sp³-hybridized carbons (Fsp3) is 0.222. The van der Waals surface area contributed by atoms with Crippen molar-refractivity contribution in [2.24, 2.45) is 0 Å². The smallest absolute Gasteiger partial charge is 0.176 e. The first-order chi connectivity index (χ1) is 11.0. The molecule has 0 spiro atoms. The van der Waals surface area contributed by atoms with Crippen LogP contribution in [0.3, 0.4) is 0 Å². The highest BCUT2D eigenvalue weighted by atomic mass is 79.9. The molecule has 4 nitrogen and oxygen atoms in total. The van der Waals surface area contributed by atoms with Crippen LogP contribution >= 0.6 is 28.6 Å². The lowest BCUT2D eigenvalue weighted by Crippen LogP contribution is -2.34. The predicted octanol–water partition coefficient (Wildman–Crippen LogP) is 4.17. The highest BCUT2D eigenvalue weighted by Crippen LogP contribution is 2.44. The quantitative estimate of drug-likeness (QED) is 0.523. The molecular weight excluding hydrogens is 394 g/mol. The van der Waals surface area contributed by atoms with Crippen LogP contribution in [0.4, 0.5) is 0 Å². The van der Waals surface area contributed by atoms with E-state index >= 15 is 0 Å². The van der Waals surface area contributed by atoms with E-state index in [4.69, 9.17) is 11.6 Å². The number of phenols is 3. The van der Waals surface area contributed by atoms with Crippen LogP contribution in [0.25, 0.3) is 0 Å². The highest BCUT2D eigenvalue weighted by molar-refractivity contribution is 8.93. The number of benzene rings is 2. The molecule has 1 atom stereocenters. The normalized spacial score (nSPS) is 17.0. The van der Waals surface area contributed by atoms with E-state index in [1.165, 1.54) is 0 Å². The fourth-order valence-corrected chi connectivity index (χ4v) is 3.38. The van der Waals surface area contributed by atoms with E-state index in [0.29, 0.717) is 13.1 Å². The van der Waals surface area contributed by atoms with Crippen LogP contribution in [0.5, 0.6) is 17.2 Å². The number of nitrogens with zero attached hydrogens (tertiary/aromatic N) is 1. The van der Waals surface area contributed by atoms with Crippen molar-refractivity contribution in [1.29, 1.82) is 0 Å². The molecule has 1 unspecified atom stereocenters. The Bertz CT molecular complexity index is 749. The third kappa shape index (κ3) is 3.38. The lowest BCUT2D eigenvalue weighted by Gasteiger charge is -2.35. The average Bonchev–Trinajstić information content (AvgIpc) is 2.54. The van der Waals surface area contributed by atoms with Gasteiger partial charge in [0.05, 0.1) is 5.02 Å². The fourth-order valence-electron chi connectivity index (χ4n) is 3.11. The number of aromatic hydroxyl groups is 3. The molecule has 1 heterocycles. The van der Waals surface area contributed by atoms with E-state index < -0.39 is 0 Å². The van der Waals surface area contributed by atoms with Crippen molar-refractivity contribution in [3.63, 3.8) is 0 Å². The molecule has 0 aliphatic carbocycles. The van der Waals surface area contributed by atoms with Crippen molar-refractivity contribution in [2.75, 3.05) is 13.1 Å². The molecule has 0 aromatic heterocycles. The van der Waals surface area contributed by atoms with Gasteiger partial charge in [0.25, 0.3) is 0 Å². The van der Waals surface area contributed by atoms with E-state index in [-0.39, 0.29) is 45.2 Å². The second-order valence-corrected chi connectivity index (χ2v) is 6.13. The molecule has 0 bridgehead atoms. The lowest BCUT2D eigenvalue weighted by atomic mass is 9.84. The monoisotopic (exact) mass is 411 g/mol. The Balaban J connectivity index is 0.00000208. The molecule has 6 heteroatoms. The van der Waals surface area contributed by atoms with Gasteiger partial charge in [-0.05, 0) is 34.9 Å². The van der Waals surface area contributed by atoms with Crippen molar-refractivity contribution in [3.05, 3.63) is 64.7 Å². The van der Waals surface area contributed by atoms with Crippen LogP contribution in [0.2, 0.25) is 5.02 Å². The molecule has 0 saturated carbocycles. The van der Waals surface area contributed by atoms with Crippen LogP contribution in [-0.2, 0) is 6.54 Å². The zero-order valence-electron chi connectivity index (χ0n) is 12.9. The number of phenolic OH excluding ortho intramolecular Hbond substituents is 3. The first-order valence-corrected chi connectivity index (χ1v) is 7.74. The van der Waals surface area contributed by atoms with E-state index in [2.05, 4.69) is 11.5 Å². The second kappa shape index (κ2) is 7.47. The van der Waals surface area contributed by atoms with Gasteiger partial charge in [-0.1, -0.05) is 29.8 Å². The first kappa shape index (κ1) is 18.6. The van der Waals surface area contributed by atoms with Gasteiger partial charge in [0.15, 0.2) is 11.5 Å². The van der Waals surface area contributed by atoms with Gasteiger partial charge >= 0.3 is 0 Å². The highest BCUT2D eigenvalue weighted by Gasteiger charge is 2.30. The third-order valence-electron chi connectivity index (χ3n) is 4.24. The molecule has 0 radical (unpaired) electrons. The van der Waals surface area contributed by atoms with Crippen molar-refractivity contribution < 1.29 is 15.3 Å². The maximum atomic E-state index is 9.93. The Labute approximate surface area is 156 Å². The Hall–Kier alpha value is -1.69. The molecule has 0 saturated heterocycles.